The predicted octanol–water partition coefficient (Wildman–Crippen LogP) is 1.69. The van der Waals surface area contributed by atoms with Crippen LogP contribution in [0.4, 0.5) is 0 Å². The average Bonchev–Trinajstić information content (AvgIpc) is 2.26. The molecule has 0 aliphatic heterocycles. The van der Waals surface area contributed by atoms with Gasteiger partial charge in [-0.05, 0) is 55.9 Å². The molecule has 1 aliphatic rings. The smallest absolute Gasteiger partial charge is 0.179 e. The van der Waals surface area contributed by atoms with Crippen molar-refractivity contribution in [3.63, 3.8) is 0 Å². The van der Waals surface area contributed by atoms with E-state index in [1.165, 1.54) is 17.5 Å². The van der Waals surface area contributed by atoms with Crippen LogP contribution in [0.5, 0.6) is 0 Å². The Morgan fingerprint density at radius 1 is 1.24 bits per heavy atom. The molecule has 0 amide bonds. The van der Waals surface area contributed by atoms with Gasteiger partial charge in [-0.2, -0.15) is 0 Å². The van der Waals surface area contributed by atoms with Crippen LogP contribution < -0.4 is 5.73 Å². The van der Waals surface area contributed by atoms with E-state index in [1.807, 2.05) is 12.1 Å². The van der Waals surface area contributed by atoms with E-state index in [2.05, 4.69) is 0 Å². The summed E-state index contributed by atoms with van der Waals surface area (Å²) in [7, 11) is -3.22. The van der Waals surface area contributed by atoms with Crippen molar-refractivity contribution >= 4 is 9.84 Å². The number of aryl methyl sites for hydroxylation is 2. The van der Waals surface area contributed by atoms with E-state index in [-0.39, 0.29) is 11.8 Å². The van der Waals surface area contributed by atoms with Crippen molar-refractivity contribution in [2.75, 3.05) is 5.75 Å². The van der Waals surface area contributed by atoms with Gasteiger partial charge in [-0.3, -0.25) is 0 Å². The lowest BCUT2D eigenvalue weighted by molar-refractivity contribution is 0.589. The van der Waals surface area contributed by atoms with Crippen molar-refractivity contribution in [1.82, 2.24) is 0 Å². The minimum atomic E-state index is -3.22. The molecule has 94 valence electrons. The van der Waals surface area contributed by atoms with E-state index >= 15 is 0 Å². The Hall–Kier alpha value is -0.870. The minimum absolute atomic E-state index is 0.0196. The van der Waals surface area contributed by atoms with Crippen molar-refractivity contribution in [2.45, 2.75) is 43.5 Å². The van der Waals surface area contributed by atoms with Crippen molar-refractivity contribution in [2.24, 2.45) is 5.73 Å². The Morgan fingerprint density at radius 3 is 2.53 bits per heavy atom. The Morgan fingerprint density at radius 2 is 1.88 bits per heavy atom. The van der Waals surface area contributed by atoms with Gasteiger partial charge < -0.3 is 5.73 Å². The number of fused-ring (bicyclic) bond motifs is 1. The number of sulfone groups is 1. The Labute approximate surface area is 103 Å². The SMILES string of the molecule is CC(N)CS(=O)(=O)c1ccc2c(c1)CCCC2. The number of nitrogens with two attached hydrogens (primary N) is 1. The largest absolute Gasteiger partial charge is 0.327 e. The van der Waals surface area contributed by atoms with Crippen molar-refractivity contribution < 1.29 is 8.42 Å². The summed E-state index contributed by atoms with van der Waals surface area (Å²) in [6.07, 6.45) is 4.43. The van der Waals surface area contributed by atoms with E-state index in [0.717, 1.165) is 19.3 Å². The molecule has 1 unspecified atom stereocenters. The first-order chi connectivity index (χ1) is 7.99. The summed E-state index contributed by atoms with van der Waals surface area (Å²) >= 11 is 0. The number of benzene rings is 1. The van der Waals surface area contributed by atoms with Crippen LogP contribution in [0.2, 0.25) is 0 Å². The third kappa shape index (κ3) is 2.87. The molecule has 1 aromatic carbocycles. The lowest BCUT2D eigenvalue weighted by atomic mass is 9.92. The van der Waals surface area contributed by atoms with Crippen molar-refractivity contribution in [1.29, 1.82) is 0 Å². The zero-order valence-electron chi connectivity index (χ0n) is 10.1. The van der Waals surface area contributed by atoms with Gasteiger partial charge >= 0.3 is 0 Å². The lowest BCUT2D eigenvalue weighted by Crippen LogP contribution is -2.26. The van der Waals surface area contributed by atoms with E-state index in [1.54, 1.807) is 13.0 Å². The first kappa shape index (κ1) is 12.6. The van der Waals surface area contributed by atoms with Crippen LogP contribution >= 0.6 is 0 Å². The zero-order chi connectivity index (χ0) is 12.5. The monoisotopic (exact) mass is 253 g/mol. The third-order valence-corrected chi connectivity index (χ3v) is 5.10. The van der Waals surface area contributed by atoms with Gasteiger partial charge in [0, 0.05) is 6.04 Å². The molecule has 0 heterocycles. The molecule has 0 spiro atoms. The highest BCUT2D eigenvalue weighted by molar-refractivity contribution is 7.91. The van der Waals surface area contributed by atoms with Crippen LogP contribution in [0.15, 0.2) is 23.1 Å². The molecule has 0 saturated carbocycles. The topological polar surface area (TPSA) is 60.2 Å². The fraction of sp³-hybridized carbons (Fsp3) is 0.538. The summed E-state index contributed by atoms with van der Waals surface area (Å²) in [4.78, 5) is 0.426. The fourth-order valence-electron chi connectivity index (χ4n) is 2.35. The number of rotatable bonds is 3. The quantitative estimate of drug-likeness (QED) is 0.891. The molecular formula is C13H19NO2S. The normalized spacial score (nSPS) is 17.5. The summed E-state index contributed by atoms with van der Waals surface area (Å²) in [6.45, 7) is 1.72. The summed E-state index contributed by atoms with van der Waals surface area (Å²) in [5.74, 6) is 0.0196. The van der Waals surface area contributed by atoms with E-state index < -0.39 is 9.84 Å². The van der Waals surface area contributed by atoms with E-state index in [4.69, 9.17) is 5.73 Å². The Bertz CT molecular complexity index is 506. The Balaban J connectivity index is 2.34. The second-order valence-electron chi connectivity index (χ2n) is 4.90. The minimum Gasteiger partial charge on any atom is -0.327 e. The molecular weight excluding hydrogens is 234 g/mol. The summed E-state index contributed by atoms with van der Waals surface area (Å²) in [5.41, 5.74) is 8.07. The second kappa shape index (κ2) is 4.78. The molecule has 0 fully saturated rings. The highest BCUT2D eigenvalue weighted by Gasteiger charge is 2.19. The molecule has 1 atom stereocenters. The van der Waals surface area contributed by atoms with Crippen LogP contribution in [-0.4, -0.2) is 20.2 Å². The van der Waals surface area contributed by atoms with Gasteiger partial charge in [-0.1, -0.05) is 6.07 Å². The molecule has 4 heteroatoms. The molecule has 3 nitrogen and oxygen atoms in total. The van der Waals surface area contributed by atoms with Gasteiger partial charge in [0.15, 0.2) is 9.84 Å². The molecule has 0 radical (unpaired) electrons. The van der Waals surface area contributed by atoms with Gasteiger partial charge in [0.2, 0.25) is 0 Å². The van der Waals surface area contributed by atoms with Gasteiger partial charge in [0.1, 0.15) is 0 Å². The van der Waals surface area contributed by atoms with Crippen LogP contribution in [0, 0.1) is 0 Å². The maximum Gasteiger partial charge on any atom is 0.179 e. The van der Waals surface area contributed by atoms with E-state index in [0.29, 0.717) is 4.90 Å². The molecule has 0 saturated heterocycles. The number of hydrogen-bond donors (Lipinski definition) is 1. The molecule has 2 N–H and O–H groups in total. The maximum atomic E-state index is 12.0. The first-order valence-corrected chi connectivity index (χ1v) is 7.74. The van der Waals surface area contributed by atoms with Gasteiger partial charge in [-0.15, -0.1) is 0 Å². The van der Waals surface area contributed by atoms with Gasteiger partial charge in [0.25, 0.3) is 0 Å². The maximum absolute atomic E-state index is 12.0. The van der Waals surface area contributed by atoms with Crippen molar-refractivity contribution in [3.8, 4) is 0 Å². The zero-order valence-corrected chi connectivity index (χ0v) is 11.0. The molecule has 1 aliphatic carbocycles. The van der Waals surface area contributed by atoms with Gasteiger partial charge in [-0.25, -0.2) is 8.42 Å². The van der Waals surface area contributed by atoms with Crippen LogP contribution in [-0.2, 0) is 22.7 Å². The molecule has 2 rings (SSSR count). The average molecular weight is 253 g/mol. The standard InChI is InChI=1S/C13H19NO2S/c1-10(14)9-17(15,16)13-7-6-11-4-2-3-5-12(11)8-13/h6-8,10H,2-5,9,14H2,1H3. The third-order valence-electron chi connectivity index (χ3n) is 3.16. The molecule has 0 aromatic heterocycles. The van der Waals surface area contributed by atoms with Crippen LogP contribution in [0.3, 0.4) is 0 Å². The summed E-state index contributed by atoms with van der Waals surface area (Å²) in [6, 6.07) is 5.20. The Kier molecular flexibility index (Phi) is 3.54. The highest BCUT2D eigenvalue weighted by atomic mass is 32.2. The van der Waals surface area contributed by atoms with Gasteiger partial charge in [0.05, 0.1) is 10.6 Å². The van der Waals surface area contributed by atoms with Crippen LogP contribution in [0.25, 0.3) is 0 Å². The fourth-order valence-corrected chi connectivity index (χ4v) is 3.83. The summed E-state index contributed by atoms with van der Waals surface area (Å²) < 4.78 is 24.1. The lowest BCUT2D eigenvalue weighted by Gasteiger charge is -2.17. The van der Waals surface area contributed by atoms with E-state index in [9.17, 15) is 8.42 Å². The molecule has 0 bridgehead atoms. The molecule has 17 heavy (non-hydrogen) atoms. The van der Waals surface area contributed by atoms with Crippen LogP contribution in [0.1, 0.15) is 30.9 Å². The highest BCUT2D eigenvalue weighted by Crippen LogP contribution is 2.24. The van der Waals surface area contributed by atoms with Crippen molar-refractivity contribution in [3.05, 3.63) is 29.3 Å². The number of hydrogen-bond acceptors (Lipinski definition) is 3. The second-order valence-corrected chi connectivity index (χ2v) is 6.93. The first-order valence-electron chi connectivity index (χ1n) is 6.09. The summed E-state index contributed by atoms with van der Waals surface area (Å²) in [5, 5.41) is 0. The molecule has 1 aromatic rings. The predicted molar refractivity (Wildman–Crippen MR) is 68.8 cm³/mol.